The van der Waals surface area contributed by atoms with E-state index < -0.39 is 5.82 Å². The van der Waals surface area contributed by atoms with Crippen molar-refractivity contribution in [1.82, 2.24) is 4.98 Å². The van der Waals surface area contributed by atoms with E-state index in [9.17, 15) is 4.39 Å². The molecule has 2 N–H and O–H groups in total. The van der Waals surface area contributed by atoms with Gasteiger partial charge in [0.2, 0.25) is 0 Å². The third-order valence-electron chi connectivity index (χ3n) is 2.69. The summed E-state index contributed by atoms with van der Waals surface area (Å²) in [6.45, 7) is 6.14. The van der Waals surface area contributed by atoms with Gasteiger partial charge in [0.1, 0.15) is 11.6 Å². The monoisotopic (exact) mass is 252 g/mol. The van der Waals surface area contributed by atoms with Crippen LogP contribution in [0.1, 0.15) is 26.3 Å². The SMILES string of the molecule is CC(C)(C)c1cc2c(Cl)cc(F)cc2nc1N. The number of hydrogen-bond donors (Lipinski definition) is 1. The van der Waals surface area contributed by atoms with Crippen LogP contribution < -0.4 is 5.73 Å². The van der Waals surface area contributed by atoms with Crippen LogP contribution in [0.15, 0.2) is 18.2 Å². The molecule has 2 rings (SSSR count). The predicted molar refractivity (Wildman–Crippen MR) is 69.8 cm³/mol. The second-order valence-corrected chi connectivity index (χ2v) is 5.53. The van der Waals surface area contributed by atoms with Crippen molar-refractivity contribution in [3.05, 3.63) is 34.6 Å². The Labute approximate surface area is 105 Å². The minimum atomic E-state index is -0.405. The quantitative estimate of drug-likeness (QED) is 0.772. The lowest BCUT2D eigenvalue weighted by molar-refractivity contribution is 0.591. The van der Waals surface area contributed by atoms with Crippen molar-refractivity contribution in [2.24, 2.45) is 0 Å². The Morgan fingerprint density at radius 1 is 1.24 bits per heavy atom. The van der Waals surface area contributed by atoms with Crippen molar-refractivity contribution in [2.45, 2.75) is 26.2 Å². The highest BCUT2D eigenvalue weighted by Crippen LogP contribution is 2.32. The van der Waals surface area contributed by atoms with Gasteiger partial charge in [0.25, 0.3) is 0 Å². The van der Waals surface area contributed by atoms with Crippen molar-refractivity contribution >= 4 is 28.3 Å². The van der Waals surface area contributed by atoms with E-state index in [1.165, 1.54) is 12.1 Å². The Morgan fingerprint density at radius 2 is 1.88 bits per heavy atom. The van der Waals surface area contributed by atoms with Gasteiger partial charge in [0.15, 0.2) is 0 Å². The van der Waals surface area contributed by atoms with Gasteiger partial charge in [0.05, 0.1) is 10.5 Å². The molecule has 1 aromatic carbocycles. The van der Waals surface area contributed by atoms with Gasteiger partial charge in [-0.15, -0.1) is 0 Å². The summed E-state index contributed by atoms with van der Waals surface area (Å²) in [6.07, 6.45) is 0. The lowest BCUT2D eigenvalue weighted by atomic mass is 9.86. The summed E-state index contributed by atoms with van der Waals surface area (Å²) in [5.74, 6) is 0.0181. The molecule has 0 unspecified atom stereocenters. The largest absolute Gasteiger partial charge is 0.383 e. The molecule has 4 heteroatoms. The number of nitrogens with zero attached hydrogens (tertiary/aromatic N) is 1. The zero-order valence-corrected chi connectivity index (χ0v) is 10.8. The maximum Gasteiger partial charge on any atom is 0.127 e. The Bertz CT molecular complexity index is 588. The van der Waals surface area contributed by atoms with Crippen LogP contribution in [0.3, 0.4) is 0 Å². The van der Waals surface area contributed by atoms with E-state index in [1.807, 2.05) is 26.8 Å². The van der Waals surface area contributed by atoms with Crippen molar-refractivity contribution < 1.29 is 4.39 Å². The van der Waals surface area contributed by atoms with Gasteiger partial charge in [0, 0.05) is 17.0 Å². The highest BCUT2D eigenvalue weighted by atomic mass is 35.5. The van der Waals surface area contributed by atoms with Crippen LogP contribution in [0.2, 0.25) is 5.02 Å². The standard InChI is InChI=1S/C13H14ClFN2/c1-13(2,3)9-6-8-10(14)4-7(15)5-11(8)17-12(9)16/h4-6H,1-3H3,(H2,16,17). The first-order chi connectivity index (χ1) is 7.79. The van der Waals surface area contributed by atoms with Gasteiger partial charge in [-0.3, -0.25) is 0 Å². The summed E-state index contributed by atoms with van der Waals surface area (Å²) >= 11 is 6.02. The zero-order valence-electron chi connectivity index (χ0n) is 10.0. The van der Waals surface area contributed by atoms with Gasteiger partial charge < -0.3 is 5.73 Å². The molecule has 0 bridgehead atoms. The van der Waals surface area contributed by atoms with Gasteiger partial charge in [-0.25, -0.2) is 9.37 Å². The number of hydrogen-bond acceptors (Lipinski definition) is 2. The van der Waals surface area contributed by atoms with Crippen LogP contribution >= 0.6 is 11.6 Å². The molecule has 0 radical (unpaired) electrons. The highest BCUT2D eigenvalue weighted by Gasteiger charge is 2.19. The molecule has 1 aromatic heterocycles. The van der Waals surface area contributed by atoms with Crippen molar-refractivity contribution in [1.29, 1.82) is 0 Å². The normalized spacial score (nSPS) is 12.1. The fraction of sp³-hybridized carbons (Fsp3) is 0.308. The number of nitrogens with two attached hydrogens (primary N) is 1. The number of nitrogen functional groups attached to an aromatic ring is 1. The molecule has 0 saturated carbocycles. The number of pyridine rings is 1. The molecule has 0 amide bonds. The number of aromatic nitrogens is 1. The number of anilines is 1. The predicted octanol–water partition coefficient (Wildman–Crippen LogP) is 3.91. The Kier molecular flexibility index (Phi) is 2.74. The molecule has 0 saturated heterocycles. The molecule has 0 aliphatic heterocycles. The first-order valence-electron chi connectivity index (χ1n) is 5.35. The maximum absolute atomic E-state index is 13.2. The second kappa shape index (κ2) is 3.84. The van der Waals surface area contributed by atoms with Crippen LogP contribution in [0, 0.1) is 5.82 Å². The summed E-state index contributed by atoms with van der Waals surface area (Å²) in [5.41, 5.74) is 7.18. The summed E-state index contributed by atoms with van der Waals surface area (Å²) in [6, 6.07) is 4.51. The maximum atomic E-state index is 13.2. The molecule has 90 valence electrons. The van der Waals surface area contributed by atoms with Gasteiger partial charge in [-0.05, 0) is 17.5 Å². The number of rotatable bonds is 0. The third kappa shape index (κ3) is 2.20. The smallest absolute Gasteiger partial charge is 0.127 e. The fourth-order valence-corrected chi connectivity index (χ4v) is 2.07. The lowest BCUT2D eigenvalue weighted by Gasteiger charge is -2.21. The molecule has 1 heterocycles. The van der Waals surface area contributed by atoms with Crippen LogP contribution in [0.5, 0.6) is 0 Å². The Hall–Kier alpha value is -1.35. The van der Waals surface area contributed by atoms with Crippen molar-refractivity contribution in [3.8, 4) is 0 Å². The van der Waals surface area contributed by atoms with Crippen LogP contribution in [0.25, 0.3) is 10.9 Å². The Balaban J connectivity index is 2.81. The summed E-state index contributed by atoms with van der Waals surface area (Å²) < 4.78 is 13.2. The third-order valence-corrected chi connectivity index (χ3v) is 3.00. The molecule has 0 spiro atoms. The molecule has 0 aliphatic rings. The Morgan fingerprint density at radius 3 is 2.47 bits per heavy atom. The fourth-order valence-electron chi connectivity index (χ4n) is 1.82. The average molecular weight is 253 g/mol. The molecule has 0 atom stereocenters. The molecule has 17 heavy (non-hydrogen) atoms. The summed E-state index contributed by atoms with van der Waals surface area (Å²) in [5, 5.41) is 1.09. The van der Waals surface area contributed by atoms with E-state index in [-0.39, 0.29) is 5.41 Å². The van der Waals surface area contributed by atoms with Crippen LogP contribution in [-0.4, -0.2) is 4.98 Å². The van der Waals surface area contributed by atoms with Crippen molar-refractivity contribution in [3.63, 3.8) is 0 Å². The molecule has 2 aromatic rings. The number of benzene rings is 1. The molecular weight excluding hydrogens is 239 g/mol. The minimum absolute atomic E-state index is 0.122. The molecule has 0 fully saturated rings. The topological polar surface area (TPSA) is 38.9 Å². The van der Waals surface area contributed by atoms with Crippen molar-refractivity contribution in [2.75, 3.05) is 5.73 Å². The van der Waals surface area contributed by atoms with E-state index in [2.05, 4.69) is 4.98 Å². The van der Waals surface area contributed by atoms with E-state index in [1.54, 1.807) is 0 Å². The number of fused-ring (bicyclic) bond motifs is 1. The summed E-state index contributed by atoms with van der Waals surface area (Å²) in [7, 11) is 0. The van der Waals surface area contributed by atoms with E-state index in [4.69, 9.17) is 17.3 Å². The first kappa shape index (κ1) is 12.1. The van der Waals surface area contributed by atoms with Gasteiger partial charge in [-0.2, -0.15) is 0 Å². The lowest BCUT2D eigenvalue weighted by Crippen LogP contribution is -2.15. The van der Waals surface area contributed by atoms with Crippen LogP contribution in [0.4, 0.5) is 10.2 Å². The highest BCUT2D eigenvalue weighted by molar-refractivity contribution is 6.35. The minimum Gasteiger partial charge on any atom is -0.383 e. The molecular formula is C13H14ClFN2. The number of halogens is 2. The average Bonchev–Trinajstić information content (AvgIpc) is 2.13. The van der Waals surface area contributed by atoms with E-state index >= 15 is 0 Å². The zero-order chi connectivity index (χ0) is 12.8. The van der Waals surface area contributed by atoms with E-state index in [0.29, 0.717) is 16.4 Å². The molecule has 0 aliphatic carbocycles. The molecule has 2 nitrogen and oxygen atoms in total. The van der Waals surface area contributed by atoms with Gasteiger partial charge in [-0.1, -0.05) is 32.4 Å². The summed E-state index contributed by atoms with van der Waals surface area (Å²) in [4.78, 5) is 4.22. The van der Waals surface area contributed by atoms with Crippen LogP contribution in [-0.2, 0) is 5.41 Å². The van der Waals surface area contributed by atoms with E-state index in [0.717, 1.165) is 10.9 Å². The first-order valence-corrected chi connectivity index (χ1v) is 5.72. The van der Waals surface area contributed by atoms with Gasteiger partial charge >= 0.3 is 0 Å². The second-order valence-electron chi connectivity index (χ2n) is 5.13.